The third-order valence-electron chi connectivity index (χ3n) is 2.11. The van der Waals surface area contributed by atoms with Crippen molar-refractivity contribution in [1.82, 2.24) is 9.97 Å². The van der Waals surface area contributed by atoms with Crippen LogP contribution in [0.2, 0.25) is 0 Å². The number of aromatic nitrogens is 2. The van der Waals surface area contributed by atoms with Crippen molar-refractivity contribution in [2.75, 3.05) is 7.11 Å². The molecule has 0 saturated heterocycles. The minimum atomic E-state index is -0.813. The van der Waals surface area contributed by atoms with Gasteiger partial charge in [-0.25, -0.2) is 9.97 Å². The fourth-order valence-electron chi connectivity index (χ4n) is 1.38. The van der Waals surface area contributed by atoms with Crippen molar-refractivity contribution in [3.63, 3.8) is 0 Å². The van der Waals surface area contributed by atoms with Gasteiger partial charge in [-0.15, -0.1) is 11.3 Å². The summed E-state index contributed by atoms with van der Waals surface area (Å²) < 4.78 is 5.06. The lowest BCUT2D eigenvalue weighted by atomic mass is 10.2. The number of carbonyl (C=O) groups excluding carboxylic acids is 1. The van der Waals surface area contributed by atoms with E-state index in [2.05, 4.69) is 9.97 Å². The number of rotatable bonds is 3. The average Bonchev–Trinajstić information content (AvgIpc) is 2.81. The molecule has 0 aromatic carbocycles. The van der Waals surface area contributed by atoms with Crippen LogP contribution in [0.5, 0.6) is 11.5 Å². The smallest absolute Gasteiger partial charge is 0.271 e. The van der Waals surface area contributed by atoms with Crippen LogP contribution in [0.3, 0.4) is 0 Å². The van der Waals surface area contributed by atoms with Gasteiger partial charge in [0, 0.05) is 17.8 Å². The molecule has 1 amide bonds. The number of aromatic hydroxyl groups is 1. The Balaban J connectivity index is 2.63. The largest absolute Gasteiger partial charge is 0.503 e. The minimum Gasteiger partial charge on any atom is -0.503 e. The van der Waals surface area contributed by atoms with E-state index in [4.69, 9.17) is 10.5 Å². The lowest BCUT2D eigenvalue weighted by Gasteiger charge is -2.09. The molecule has 17 heavy (non-hydrogen) atoms. The van der Waals surface area contributed by atoms with Crippen molar-refractivity contribution < 1.29 is 14.6 Å². The zero-order valence-corrected chi connectivity index (χ0v) is 9.69. The number of primary amides is 1. The summed E-state index contributed by atoms with van der Waals surface area (Å²) >= 11 is 1.37. The van der Waals surface area contributed by atoms with Gasteiger partial charge in [0.1, 0.15) is 5.01 Å². The summed E-state index contributed by atoms with van der Waals surface area (Å²) in [6.07, 6.45) is 3.02. The predicted molar refractivity (Wildman–Crippen MR) is 62.1 cm³/mol. The summed E-state index contributed by atoms with van der Waals surface area (Å²) in [6.45, 7) is 0. The molecule has 6 nitrogen and oxygen atoms in total. The molecule has 3 N–H and O–H groups in total. The number of nitrogens with zero attached hydrogens (tertiary/aromatic N) is 2. The monoisotopic (exact) mass is 251 g/mol. The lowest BCUT2D eigenvalue weighted by Crippen LogP contribution is -2.13. The summed E-state index contributed by atoms with van der Waals surface area (Å²) in [5.74, 6) is -1.04. The molecule has 2 heterocycles. The molecule has 0 saturated carbocycles. The second kappa shape index (κ2) is 4.38. The van der Waals surface area contributed by atoms with Gasteiger partial charge >= 0.3 is 0 Å². The summed E-state index contributed by atoms with van der Waals surface area (Å²) in [6, 6.07) is 0. The first kappa shape index (κ1) is 11.3. The maximum Gasteiger partial charge on any atom is 0.271 e. The fourth-order valence-corrected chi connectivity index (χ4v) is 2.02. The molecule has 2 aromatic heterocycles. The number of pyridine rings is 1. The third kappa shape index (κ3) is 1.92. The van der Waals surface area contributed by atoms with Gasteiger partial charge in [-0.2, -0.15) is 0 Å². The van der Waals surface area contributed by atoms with Crippen LogP contribution >= 0.6 is 11.3 Å². The van der Waals surface area contributed by atoms with Gasteiger partial charge in [-0.05, 0) is 0 Å². The minimum absolute atomic E-state index is 0.142. The van der Waals surface area contributed by atoms with E-state index in [9.17, 15) is 9.90 Å². The number of nitrogens with two attached hydrogens (primary N) is 1. The molecule has 0 aliphatic carbocycles. The van der Waals surface area contributed by atoms with Crippen LogP contribution in [0, 0.1) is 0 Å². The Hall–Kier alpha value is -2.15. The normalized spacial score (nSPS) is 10.2. The molecule has 0 aliphatic rings. The number of hydrogen-bond donors (Lipinski definition) is 2. The third-order valence-corrected chi connectivity index (χ3v) is 2.91. The lowest BCUT2D eigenvalue weighted by molar-refractivity contribution is 0.0992. The molecule has 0 unspecified atom stereocenters. The van der Waals surface area contributed by atoms with E-state index >= 15 is 0 Å². The molecular weight excluding hydrogens is 242 g/mol. The van der Waals surface area contributed by atoms with Crippen LogP contribution < -0.4 is 10.5 Å². The van der Waals surface area contributed by atoms with E-state index in [-0.39, 0.29) is 17.2 Å². The van der Waals surface area contributed by atoms with Gasteiger partial charge in [0.15, 0.2) is 17.2 Å². The molecule has 88 valence electrons. The quantitative estimate of drug-likeness (QED) is 0.848. The highest BCUT2D eigenvalue weighted by Gasteiger charge is 2.20. The van der Waals surface area contributed by atoms with E-state index in [1.54, 1.807) is 11.6 Å². The van der Waals surface area contributed by atoms with Crippen molar-refractivity contribution in [2.24, 2.45) is 5.73 Å². The second-order valence-corrected chi connectivity index (χ2v) is 4.00. The number of methoxy groups -OCH3 is 1. The Bertz CT molecular complexity index is 554. The van der Waals surface area contributed by atoms with Gasteiger partial charge in [0.2, 0.25) is 0 Å². The number of thiazole rings is 1. The van der Waals surface area contributed by atoms with Gasteiger partial charge in [-0.1, -0.05) is 0 Å². The topological polar surface area (TPSA) is 98.3 Å². The Morgan fingerprint density at radius 2 is 2.29 bits per heavy atom. The summed E-state index contributed by atoms with van der Waals surface area (Å²) in [7, 11) is 1.39. The molecule has 2 aromatic rings. The number of carbonyl (C=O) groups is 1. The highest BCUT2D eigenvalue weighted by Crippen LogP contribution is 2.38. The number of amides is 1. The molecule has 7 heteroatoms. The molecular formula is C10H9N3O3S. The van der Waals surface area contributed by atoms with Crippen LogP contribution in [0.4, 0.5) is 0 Å². The first-order chi connectivity index (χ1) is 8.15. The highest BCUT2D eigenvalue weighted by molar-refractivity contribution is 7.13. The maximum atomic E-state index is 11.0. The van der Waals surface area contributed by atoms with E-state index in [0.717, 1.165) is 0 Å². The van der Waals surface area contributed by atoms with Gasteiger partial charge < -0.3 is 15.6 Å². The van der Waals surface area contributed by atoms with Crippen LogP contribution in [0.1, 0.15) is 10.5 Å². The Morgan fingerprint density at radius 1 is 1.53 bits per heavy atom. The Kier molecular flexibility index (Phi) is 2.92. The van der Waals surface area contributed by atoms with E-state index < -0.39 is 5.91 Å². The maximum absolute atomic E-state index is 11.0. The van der Waals surface area contributed by atoms with Crippen LogP contribution in [0.25, 0.3) is 10.6 Å². The van der Waals surface area contributed by atoms with E-state index in [1.165, 1.54) is 24.6 Å². The standard InChI is InChI=1S/C10H9N3O3S/c1-16-8-5(10-12-2-3-17-10)4-13-6(7(8)14)9(11)15/h2-4,14H,1H3,(H2,11,15). The first-order valence-electron chi connectivity index (χ1n) is 4.60. The van der Waals surface area contributed by atoms with Gasteiger partial charge in [-0.3, -0.25) is 4.79 Å². The van der Waals surface area contributed by atoms with Crippen LogP contribution in [-0.4, -0.2) is 28.1 Å². The molecule has 2 rings (SSSR count). The van der Waals surface area contributed by atoms with E-state index in [1.807, 2.05) is 0 Å². The van der Waals surface area contributed by atoms with Crippen molar-refractivity contribution in [3.05, 3.63) is 23.5 Å². The molecule has 0 radical (unpaired) electrons. The van der Waals surface area contributed by atoms with Crippen molar-refractivity contribution >= 4 is 17.2 Å². The van der Waals surface area contributed by atoms with E-state index in [0.29, 0.717) is 10.6 Å². The Morgan fingerprint density at radius 3 is 2.82 bits per heavy atom. The van der Waals surface area contributed by atoms with Crippen molar-refractivity contribution in [3.8, 4) is 22.1 Å². The molecule has 0 aliphatic heterocycles. The second-order valence-electron chi connectivity index (χ2n) is 3.10. The van der Waals surface area contributed by atoms with Crippen LogP contribution in [0.15, 0.2) is 17.8 Å². The Labute approximate surface area is 101 Å². The molecule has 0 atom stereocenters. The zero-order valence-electron chi connectivity index (χ0n) is 8.88. The molecule has 0 fully saturated rings. The number of hydrogen-bond acceptors (Lipinski definition) is 6. The van der Waals surface area contributed by atoms with Gasteiger partial charge in [0.25, 0.3) is 5.91 Å². The summed E-state index contributed by atoms with van der Waals surface area (Å²) in [5.41, 5.74) is 5.38. The van der Waals surface area contributed by atoms with Crippen molar-refractivity contribution in [2.45, 2.75) is 0 Å². The average molecular weight is 251 g/mol. The van der Waals surface area contributed by atoms with Crippen LogP contribution in [-0.2, 0) is 0 Å². The highest BCUT2D eigenvalue weighted by atomic mass is 32.1. The molecule has 0 bridgehead atoms. The SMILES string of the molecule is COc1c(-c2nccs2)cnc(C(N)=O)c1O. The number of ether oxygens (including phenoxy) is 1. The predicted octanol–water partition coefficient (Wildman–Crippen LogP) is 1.02. The van der Waals surface area contributed by atoms with Gasteiger partial charge in [0.05, 0.1) is 12.7 Å². The van der Waals surface area contributed by atoms with Crippen molar-refractivity contribution in [1.29, 1.82) is 0 Å². The summed E-state index contributed by atoms with van der Waals surface area (Å²) in [5, 5.41) is 12.3. The first-order valence-corrected chi connectivity index (χ1v) is 5.48. The zero-order chi connectivity index (χ0) is 12.4. The molecule has 0 spiro atoms. The summed E-state index contributed by atoms with van der Waals surface area (Å²) in [4.78, 5) is 18.9. The fraction of sp³-hybridized carbons (Fsp3) is 0.100.